The molecular formula is C18H28O2S3. The van der Waals surface area contributed by atoms with Crippen LogP contribution >= 0.6 is 37.9 Å². The first-order chi connectivity index (χ1) is 11.1. The molecule has 0 rings (SSSR count). The molecule has 2 atom stereocenters. The van der Waals surface area contributed by atoms with E-state index < -0.39 is 5.97 Å². The molecule has 0 amide bonds. The molecule has 0 spiro atoms. The summed E-state index contributed by atoms with van der Waals surface area (Å²) >= 11 is 13.0. The van der Waals surface area contributed by atoms with E-state index in [-0.39, 0.29) is 6.61 Å². The Labute approximate surface area is 157 Å². The standard InChI is InChI=1S/C18H28O2S3/c1-3-10-20-18(19)11-17(14-23)9-5-8-16(13-22)7-4-6-15(2)12-21/h1,5,9,11,15-16,21-23H,4,6-8,10,12-14H2,2H3. The third-order valence-corrected chi connectivity index (χ3v) is 4.97. The van der Waals surface area contributed by atoms with Gasteiger partial charge in [0.1, 0.15) is 0 Å². The molecule has 0 N–H and O–H groups in total. The van der Waals surface area contributed by atoms with E-state index in [9.17, 15) is 4.79 Å². The van der Waals surface area contributed by atoms with Crippen LogP contribution in [0.1, 0.15) is 32.6 Å². The van der Waals surface area contributed by atoms with Crippen LogP contribution < -0.4 is 0 Å². The molecule has 130 valence electrons. The van der Waals surface area contributed by atoms with E-state index in [2.05, 4.69) is 56.8 Å². The van der Waals surface area contributed by atoms with Gasteiger partial charge in [0.2, 0.25) is 0 Å². The molecule has 0 bridgehead atoms. The van der Waals surface area contributed by atoms with Crippen LogP contribution in [-0.4, -0.2) is 29.8 Å². The number of carbonyl (C=O) groups excluding carboxylic acids is 1. The smallest absolute Gasteiger partial charge is 0.332 e. The summed E-state index contributed by atoms with van der Waals surface area (Å²) in [4.78, 5) is 11.5. The molecule has 0 aromatic rings. The second-order valence-corrected chi connectivity index (χ2v) is 6.64. The van der Waals surface area contributed by atoms with Crippen molar-refractivity contribution >= 4 is 43.9 Å². The molecule has 0 saturated heterocycles. The van der Waals surface area contributed by atoms with Crippen LogP contribution in [0.5, 0.6) is 0 Å². The fourth-order valence-electron chi connectivity index (χ4n) is 1.99. The Bertz CT molecular complexity index is 424. The average molecular weight is 373 g/mol. The highest BCUT2D eigenvalue weighted by Crippen LogP contribution is 2.18. The van der Waals surface area contributed by atoms with Gasteiger partial charge in [-0.05, 0) is 48.2 Å². The maximum absolute atomic E-state index is 11.5. The van der Waals surface area contributed by atoms with Crippen LogP contribution in [0.15, 0.2) is 23.8 Å². The zero-order chi connectivity index (χ0) is 17.5. The van der Waals surface area contributed by atoms with Crippen molar-refractivity contribution in [2.24, 2.45) is 11.8 Å². The van der Waals surface area contributed by atoms with Crippen LogP contribution in [-0.2, 0) is 9.53 Å². The predicted molar refractivity (Wildman–Crippen MR) is 110 cm³/mol. The molecule has 0 heterocycles. The lowest BCUT2D eigenvalue weighted by molar-refractivity contribution is -0.136. The van der Waals surface area contributed by atoms with Crippen LogP contribution in [0.2, 0.25) is 0 Å². The van der Waals surface area contributed by atoms with Gasteiger partial charge in [-0.25, -0.2) is 4.79 Å². The summed E-state index contributed by atoms with van der Waals surface area (Å²) in [5.74, 6) is 5.34. The van der Waals surface area contributed by atoms with E-state index in [0.29, 0.717) is 17.6 Å². The lowest BCUT2D eigenvalue weighted by atomic mass is 9.96. The molecule has 0 radical (unpaired) electrons. The van der Waals surface area contributed by atoms with Crippen molar-refractivity contribution in [2.45, 2.75) is 32.6 Å². The normalized spacial score (nSPS) is 14.5. The number of terminal acetylenes is 1. The fraction of sp³-hybridized carbons (Fsp3) is 0.611. The van der Waals surface area contributed by atoms with Gasteiger partial charge < -0.3 is 4.74 Å². The second-order valence-electron chi connectivity index (χ2n) is 5.59. The second kappa shape index (κ2) is 15.1. The molecular weight excluding hydrogens is 344 g/mol. The van der Waals surface area contributed by atoms with E-state index >= 15 is 0 Å². The minimum Gasteiger partial charge on any atom is -0.449 e. The Morgan fingerprint density at radius 3 is 2.57 bits per heavy atom. The van der Waals surface area contributed by atoms with Crippen LogP contribution in [0.4, 0.5) is 0 Å². The van der Waals surface area contributed by atoms with E-state index in [1.807, 2.05) is 6.08 Å². The van der Waals surface area contributed by atoms with Crippen molar-refractivity contribution in [3.8, 4) is 12.3 Å². The van der Waals surface area contributed by atoms with E-state index in [4.69, 9.17) is 11.2 Å². The van der Waals surface area contributed by atoms with E-state index in [0.717, 1.165) is 29.9 Å². The fourth-order valence-corrected chi connectivity index (χ4v) is 2.71. The summed E-state index contributed by atoms with van der Waals surface area (Å²) in [7, 11) is 0. The van der Waals surface area contributed by atoms with Gasteiger partial charge in [0, 0.05) is 11.8 Å². The minimum atomic E-state index is -0.428. The molecule has 0 aliphatic heterocycles. The molecule has 0 aliphatic carbocycles. The van der Waals surface area contributed by atoms with Gasteiger partial charge in [0.25, 0.3) is 0 Å². The SMILES string of the molecule is C#CCOC(=O)C=C(C=CCC(CS)CCCC(C)CS)CS. The van der Waals surface area contributed by atoms with Gasteiger partial charge in [-0.15, -0.1) is 6.42 Å². The summed E-state index contributed by atoms with van der Waals surface area (Å²) in [6.07, 6.45) is 15.0. The Balaban J connectivity index is 4.30. The quantitative estimate of drug-likeness (QED) is 0.157. The van der Waals surface area contributed by atoms with Crippen LogP contribution in [0.3, 0.4) is 0 Å². The minimum absolute atomic E-state index is 0.00860. The van der Waals surface area contributed by atoms with Crippen LogP contribution in [0.25, 0.3) is 0 Å². The van der Waals surface area contributed by atoms with Gasteiger partial charge in [0.15, 0.2) is 6.61 Å². The highest BCUT2D eigenvalue weighted by molar-refractivity contribution is 7.80. The number of hydrogen-bond acceptors (Lipinski definition) is 5. The number of thiol groups is 3. The average Bonchev–Trinajstić information content (AvgIpc) is 2.57. The molecule has 5 heteroatoms. The van der Waals surface area contributed by atoms with Crippen molar-refractivity contribution in [1.82, 2.24) is 0 Å². The Morgan fingerprint density at radius 2 is 2.00 bits per heavy atom. The summed E-state index contributed by atoms with van der Waals surface area (Å²) in [6.45, 7) is 2.22. The van der Waals surface area contributed by atoms with Crippen LogP contribution in [0, 0.1) is 24.2 Å². The number of esters is 1. The molecule has 2 nitrogen and oxygen atoms in total. The maximum Gasteiger partial charge on any atom is 0.332 e. The van der Waals surface area contributed by atoms with Gasteiger partial charge >= 0.3 is 5.97 Å². The van der Waals surface area contributed by atoms with Gasteiger partial charge in [-0.3, -0.25) is 0 Å². The number of rotatable bonds is 12. The summed E-state index contributed by atoms with van der Waals surface area (Å²) in [5, 5.41) is 0. The lowest BCUT2D eigenvalue weighted by Crippen LogP contribution is -2.04. The first-order valence-corrected chi connectivity index (χ1v) is 9.76. The monoisotopic (exact) mass is 372 g/mol. The molecule has 0 saturated carbocycles. The lowest BCUT2D eigenvalue weighted by Gasteiger charge is -2.13. The molecule has 2 unspecified atom stereocenters. The predicted octanol–water partition coefficient (Wildman–Crippen LogP) is 4.25. The third-order valence-electron chi connectivity index (χ3n) is 3.46. The molecule has 23 heavy (non-hydrogen) atoms. The van der Waals surface area contributed by atoms with E-state index in [1.165, 1.54) is 18.9 Å². The first kappa shape index (κ1) is 22.6. The van der Waals surface area contributed by atoms with Crippen molar-refractivity contribution in [1.29, 1.82) is 0 Å². The molecule has 0 aromatic heterocycles. The van der Waals surface area contributed by atoms with Crippen molar-refractivity contribution in [3.05, 3.63) is 23.8 Å². The Morgan fingerprint density at radius 1 is 1.26 bits per heavy atom. The molecule has 0 fully saturated rings. The summed E-state index contributed by atoms with van der Waals surface area (Å²) < 4.78 is 4.82. The van der Waals surface area contributed by atoms with Gasteiger partial charge in [-0.1, -0.05) is 31.4 Å². The molecule has 0 aromatic carbocycles. The zero-order valence-corrected chi connectivity index (χ0v) is 16.5. The first-order valence-electron chi connectivity index (χ1n) is 7.87. The Hall–Kier alpha value is -0.440. The largest absolute Gasteiger partial charge is 0.449 e. The molecule has 0 aliphatic rings. The maximum atomic E-state index is 11.5. The van der Waals surface area contributed by atoms with Crippen molar-refractivity contribution < 1.29 is 9.53 Å². The zero-order valence-electron chi connectivity index (χ0n) is 13.8. The number of ether oxygens (including phenoxy) is 1. The summed E-state index contributed by atoms with van der Waals surface area (Å²) in [6, 6.07) is 0. The number of allylic oxidation sites excluding steroid dienone is 2. The topological polar surface area (TPSA) is 26.3 Å². The van der Waals surface area contributed by atoms with Crippen molar-refractivity contribution in [3.63, 3.8) is 0 Å². The number of carbonyl (C=O) groups is 1. The van der Waals surface area contributed by atoms with Crippen molar-refractivity contribution in [2.75, 3.05) is 23.9 Å². The highest BCUT2D eigenvalue weighted by atomic mass is 32.1. The van der Waals surface area contributed by atoms with E-state index in [1.54, 1.807) is 0 Å². The number of hydrogen-bond donors (Lipinski definition) is 3. The van der Waals surface area contributed by atoms with Gasteiger partial charge in [0.05, 0.1) is 0 Å². The Kier molecular flexibility index (Phi) is 14.8. The summed E-state index contributed by atoms with van der Waals surface area (Å²) in [5.41, 5.74) is 0.817. The third kappa shape index (κ3) is 12.6. The van der Waals surface area contributed by atoms with Gasteiger partial charge in [-0.2, -0.15) is 37.9 Å². The highest BCUT2D eigenvalue weighted by Gasteiger charge is 2.07.